The van der Waals surface area contributed by atoms with Gasteiger partial charge in [0, 0.05) is 16.1 Å². The molecular weight excluding hydrogens is 376 g/mol. The molecule has 8 heteroatoms. The summed E-state index contributed by atoms with van der Waals surface area (Å²) in [6, 6.07) is 7.52. The van der Waals surface area contributed by atoms with E-state index < -0.39 is 0 Å². The van der Waals surface area contributed by atoms with Crippen LogP contribution in [0, 0.1) is 13.8 Å². The molecule has 0 bridgehead atoms. The molecule has 0 saturated carbocycles. The Morgan fingerprint density at radius 2 is 2.08 bits per heavy atom. The fourth-order valence-electron chi connectivity index (χ4n) is 2.80. The van der Waals surface area contributed by atoms with Crippen LogP contribution in [-0.4, -0.2) is 10.9 Å². The predicted molar refractivity (Wildman–Crippen MR) is 105 cm³/mol. The molecule has 5 nitrogen and oxygen atoms in total. The summed E-state index contributed by atoms with van der Waals surface area (Å²) >= 11 is 8.75. The van der Waals surface area contributed by atoms with Gasteiger partial charge in [0.15, 0.2) is 0 Å². The lowest BCUT2D eigenvalue weighted by molar-refractivity contribution is -0.321. The molecule has 0 aliphatic carbocycles. The van der Waals surface area contributed by atoms with E-state index in [1.54, 1.807) is 6.07 Å². The van der Waals surface area contributed by atoms with Crippen LogP contribution in [0.4, 0.5) is 10.8 Å². The summed E-state index contributed by atoms with van der Waals surface area (Å²) < 4.78 is 0.972. The van der Waals surface area contributed by atoms with Crippen molar-refractivity contribution in [3.63, 3.8) is 0 Å². The Labute approximate surface area is 156 Å². The Hall–Kier alpha value is -2.22. The quantitative estimate of drug-likeness (QED) is 0.532. The van der Waals surface area contributed by atoms with Crippen LogP contribution in [0.15, 0.2) is 24.3 Å². The van der Waals surface area contributed by atoms with E-state index in [4.69, 9.17) is 17.3 Å². The van der Waals surface area contributed by atoms with Gasteiger partial charge in [-0.25, -0.2) is 14.8 Å². The van der Waals surface area contributed by atoms with Gasteiger partial charge < -0.3 is 5.73 Å². The lowest BCUT2D eigenvalue weighted by atomic mass is 10.1. The van der Waals surface area contributed by atoms with Gasteiger partial charge in [0.2, 0.25) is 0 Å². The van der Waals surface area contributed by atoms with E-state index in [-0.39, 0.29) is 5.91 Å². The Bertz CT molecular complexity index is 1150. The number of nitrogens with one attached hydrogen (secondary N) is 2. The van der Waals surface area contributed by atoms with Gasteiger partial charge in [-0.2, -0.15) is 5.32 Å². The Kier molecular flexibility index (Phi) is 3.87. The highest BCUT2D eigenvalue weighted by Gasteiger charge is 2.24. The minimum atomic E-state index is -0.244. The molecular formula is C17H14ClN4OS2+. The molecule has 0 atom stereocenters. The average Bonchev–Trinajstić information content (AvgIpc) is 3.07. The number of aromatic nitrogens is 2. The molecule has 1 amide bonds. The van der Waals surface area contributed by atoms with Crippen molar-refractivity contribution in [3.05, 3.63) is 45.4 Å². The molecule has 0 spiro atoms. The molecule has 0 unspecified atom stereocenters. The van der Waals surface area contributed by atoms with Gasteiger partial charge in [0.05, 0.1) is 10.4 Å². The zero-order valence-electron chi connectivity index (χ0n) is 13.4. The minimum Gasteiger partial charge on any atom is -0.397 e. The Morgan fingerprint density at radius 1 is 1.28 bits per heavy atom. The molecule has 25 heavy (non-hydrogen) atoms. The van der Waals surface area contributed by atoms with Crippen LogP contribution < -0.4 is 16.0 Å². The van der Waals surface area contributed by atoms with Crippen molar-refractivity contribution in [1.82, 2.24) is 4.98 Å². The number of aryl methyl sites for hydroxylation is 2. The molecule has 0 radical (unpaired) electrons. The van der Waals surface area contributed by atoms with Crippen molar-refractivity contribution in [2.75, 3.05) is 11.1 Å². The topological polar surface area (TPSA) is 82.2 Å². The number of carbonyl (C=O) groups is 1. The van der Waals surface area contributed by atoms with Crippen LogP contribution >= 0.6 is 34.3 Å². The number of nitrogens with zero attached hydrogens (tertiary/aromatic N) is 1. The highest BCUT2D eigenvalue weighted by atomic mass is 35.5. The number of nitrogen functional groups attached to an aromatic ring is 1. The second-order valence-corrected chi connectivity index (χ2v) is 8.24. The van der Waals surface area contributed by atoms with E-state index in [0.29, 0.717) is 20.7 Å². The standard InChI is InChI=1S/C17H13ClN4OS2/c1-7-5-8(2)20-16-12(7)13(19)14(25-16)15(23)22-17-21-10-4-3-9(18)6-11(10)24-17/h3-6H,19H2,1-2H3,(H,21,22,23)/p+1. The number of hydrogen-bond acceptors (Lipinski definition) is 5. The van der Waals surface area contributed by atoms with Crippen molar-refractivity contribution < 1.29 is 9.78 Å². The SMILES string of the molecule is Cc1cc(C)c2c(N)c(C(=O)Nc3[nH+]c4ccc(Cl)cc4s3)sc2n1. The fraction of sp³-hybridized carbons (Fsp3) is 0.118. The number of H-pyrrole nitrogens is 1. The van der Waals surface area contributed by atoms with Gasteiger partial charge in [-0.15, -0.1) is 11.3 Å². The molecule has 126 valence electrons. The van der Waals surface area contributed by atoms with Gasteiger partial charge in [-0.3, -0.25) is 0 Å². The average molecular weight is 390 g/mol. The third-order valence-corrected chi connectivity index (χ3v) is 6.16. The van der Waals surface area contributed by atoms with Crippen LogP contribution in [0.2, 0.25) is 5.02 Å². The van der Waals surface area contributed by atoms with E-state index in [0.717, 1.165) is 31.7 Å². The van der Waals surface area contributed by atoms with Crippen LogP contribution in [0.3, 0.4) is 0 Å². The van der Waals surface area contributed by atoms with Gasteiger partial charge in [0.25, 0.3) is 0 Å². The first kappa shape index (κ1) is 16.3. The minimum absolute atomic E-state index is 0.244. The van der Waals surface area contributed by atoms with E-state index in [1.165, 1.54) is 22.7 Å². The molecule has 4 rings (SSSR count). The molecule has 0 aliphatic rings. The summed E-state index contributed by atoms with van der Waals surface area (Å²) in [7, 11) is 0. The summed E-state index contributed by atoms with van der Waals surface area (Å²) in [6.45, 7) is 3.91. The van der Waals surface area contributed by atoms with Crippen molar-refractivity contribution in [2.24, 2.45) is 0 Å². The number of pyridine rings is 1. The maximum atomic E-state index is 12.7. The zero-order valence-corrected chi connectivity index (χ0v) is 15.8. The lowest BCUT2D eigenvalue weighted by Gasteiger charge is -1.99. The maximum absolute atomic E-state index is 12.7. The highest BCUT2D eigenvalue weighted by molar-refractivity contribution is 7.22. The molecule has 0 fully saturated rings. The van der Waals surface area contributed by atoms with Crippen molar-refractivity contribution in [1.29, 1.82) is 0 Å². The first-order valence-electron chi connectivity index (χ1n) is 7.51. The molecule has 1 aromatic carbocycles. The molecule has 0 aliphatic heterocycles. The zero-order chi connectivity index (χ0) is 17.7. The molecule has 4 aromatic rings. The van der Waals surface area contributed by atoms with Gasteiger partial charge in [0.1, 0.15) is 15.2 Å². The summed E-state index contributed by atoms with van der Waals surface area (Å²) in [5.74, 6) is -0.244. The first-order valence-corrected chi connectivity index (χ1v) is 9.52. The number of nitrogens with two attached hydrogens (primary N) is 1. The third-order valence-electron chi connectivity index (χ3n) is 3.86. The van der Waals surface area contributed by atoms with Crippen LogP contribution in [0.25, 0.3) is 20.4 Å². The van der Waals surface area contributed by atoms with Crippen molar-refractivity contribution >= 4 is 71.4 Å². The number of halogens is 1. The molecule has 4 N–H and O–H groups in total. The number of fused-ring (bicyclic) bond motifs is 2. The molecule has 3 aromatic heterocycles. The van der Waals surface area contributed by atoms with E-state index in [9.17, 15) is 4.79 Å². The predicted octanol–water partition coefficient (Wildman–Crippen LogP) is 4.43. The number of carbonyl (C=O) groups excluding carboxylic acids is 1. The summed E-state index contributed by atoms with van der Waals surface area (Å²) in [5.41, 5.74) is 9.56. The van der Waals surface area contributed by atoms with E-state index in [1.807, 2.05) is 32.0 Å². The number of benzene rings is 1. The number of anilines is 2. The number of amides is 1. The molecule has 0 saturated heterocycles. The number of thiophene rings is 1. The largest absolute Gasteiger partial charge is 0.397 e. The Morgan fingerprint density at radius 3 is 2.88 bits per heavy atom. The van der Waals surface area contributed by atoms with Gasteiger partial charge in [-0.05, 0) is 55.0 Å². The summed E-state index contributed by atoms with van der Waals surface area (Å²) in [5, 5.41) is 5.04. The highest BCUT2D eigenvalue weighted by Crippen LogP contribution is 2.35. The number of hydrogen-bond donors (Lipinski definition) is 2. The van der Waals surface area contributed by atoms with Crippen molar-refractivity contribution in [2.45, 2.75) is 13.8 Å². The monoisotopic (exact) mass is 389 g/mol. The maximum Gasteiger partial charge on any atom is 0.351 e. The molecule has 3 heterocycles. The smallest absolute Gasteiger partial charge is 0.351 e. The van der Waals surface area contributed by atoms with Gasteiger partial charge >= 0.3 is 11.0 Å². The number of aromatic amines is 1. The second kappa shape index (κ2) is 5.94. The van der Waals surface area contributed by atoms with E-state index >= 15 is 0 Å². The summed E-state index contributed by atoms with van der Waals surface area (Å²) in [4.78, 5) is 21.6. The van der Waals surface area contributed by atoms with Gasteiger partial charge in [-0.1, -0.05) is 11.6 Å². The fourth-order valence-corrected chi connectivity index (χ4v) is 5.08. The number of rotatable bonds is 2. The lowest BCUT2D eigenvalue weighted by Crippen LogP contribution is -2.16. The van der Waals surface area contributed by atoms with Crippen molar-refractivity contribution in [3.8, 4) is 0 Å². The Balaban J connectivity index is 1.71. The number of thiazole rings is 1. The first-order chi connectivity index (χ1) is 11.9. The second-order valence-electron chi connectivity index (χ2n) is 5.76. The van der Waals surface area contributed by atoms with Crippen LogP contribution in [0.1, 0.15) is 20.9 Å². The van der Waals surface area contributed by atoms with Crippen LogP contribution in [-0.2, 0) is 0 Å². The normalized spacial score (nSPS) is 11.3. The summed E-state index contributed by atoms with van der Waals surface area (Å²) in [6.07, 6.45) is 0. The van der Waals surface area contributed by atoms with E-state index in [2.05, 4.69) is 15.3 Å². The third kappa shape index (κ3) is 2.84. The van der Waals surface area contributed by atoms with Crippen LogP contribution in [0.5, 0.6) is 0 Å².